The zero-order valence-corrected chi connectivity index (χ0v) is 18.0. The molecule has 2 aromatic carbocycles. The van der Waals surface area contributed by atoms with Gasteiger partial charge in [-0.05, 0) is 48.9 Å². The summed E-state index contributed by atoms with van der Waals surface area (Å²) in [6.45, 7) is 2.36. The Balaban J connectivity index is 1.50. The number of carbonyl (C=O) groups excluding carboxylic acids is 1. The average Bonchev–Trinajstić information content (AvgIpc) is 3.15. The fourth-order valence-electron chi connectivity index (χ4n) is 2.40. The number of aromatic nitrogens is 2. The van der Waals surface area contributed by atoms with Crippen molar-refractivity contribution >= 4 is 45.5 Å². The highest BCUT2D eigenvalue weighted by Crippen LogP contribution is 2.29. The minimum Gasteiger partial charge on any atom is -0.378 e. The Morgan fingerprint density at radius 2 is 1.83 bits per heavy atom. The molecule has 1 heterocycles. The molecule has 0 aliphatic rings. The highest BCUT2D eigenvalue weighted by atomic mass is 32.2. The molecule has 0 aliphatic carbocycles. The van der Waals surface area contributed by atoms with Crippen molar-refractivity contribution in [2.24, 2.45) is 0 Å². The third-order valence-electron chi connectivity index (χ3n) is 4.06. The van der Waals surface area contributed by atoms with E-state index in [1.807, 2.05) is 50.2 Å². The van der Waals surface area contributed by atoms with Crippen molar-refractivity contribution in [3.05, 3.63) is 59.9 Å². The standard InChI is InChI=1S/C20H22FN5OS2/c1-13(18(27)23-16-8-10-17(11-9-16)26(2)3)28-20-25-24-19(29-20)22-12-14-4-6-15(21)7-5-14/h4-11,13H,12H2,1-3H3,(H,22,24)(H,23,27). The van der Waals surface area contributed by atoms with Crippen molar-refractivity contribution in [2.75, 3.05) is 29.6 Å². The monoisotopic (exact) mass is 431 g/mol. The van der Waals surface area contributed by atoms with Crippen molar-refractivity contribution in [1.29, 1.82) is 0 Å². The summed E-state index contributed by atoms with van der Waals surface area (Å²) in [5.74, 6) is -0.354. The smallest absolute Gasteiger partial charge is 0.237 e. The number of hydrogen-bond acceptors (Lipinski definition) is 7. The Hall–Kier alpha value is -2.65. The Labute approximate surface area is 177 Å². The third-order valence-corrected chi connectivity index (χ3v) is 6.13. The van der Waals surface area contributed by atoms with Crippen molar-refractivity contribution < 1.29 is 9.18 Å². The van der Waals surface area contributed by atoms with Crippen LogP contribution >= 0.6 is 23.1 Å². The molecule has 1 atom stereocenters. The van der Waals surface area contributed by atoms with Crippen molar-refractivity contribution in [3.8, 4) is 0 Å². The molecule has 0 bridgehead atoms. The van der Waals surface area contributed by atoms with E-state index in [9.17, 15) is 9.18 Å². The number of anilines is 3. The predicted octanol–water partition coefficient (Wildman–Crippen LogP) is 4.47. The summed E-state index contributed by atoms with van der Waals surface area (Å²) in [5, 5.41) is 14.6. The number of amides is 1. The first-order valence-corrected chi connectivity index (χ1v) is 10.7. The van der Waals surface area contributed by atoms with E-state index < -0.39 is 0 Å². The highest BCUT2D eigenvalue weighted by Gasteiger charge is 2.17. The topological polar surface area (TPSA) is 70.1 Å². The van der Waals surface area contributed by atoms with Crippen LogP contribution in [0.1, 0.15) is 12.5 Å². The van der Waals surface area contributed by atoms with Crippen LogP contribution in [0.25, 0.3) is 0 Å². The molecule has 3 aromatic rings. The Kier molecular flexibility index (Phi) is 7.05. The van der Waals surface area contributed by atoms with Crippen LogP contribution < -0.4 is 15.5 Å². The van der Waals surface area contributed by atoms with Gasteiger partial charge in [0.05, 0.1) is 5.25 Å². The predicted molar refractivity (Wildman–Crippen MR) is 118 cm³/mol. The van der Waals surface area contributed by atoms with Gasteiger partial charge in [-0.2, -0.15) is 0 Å². The van der Waals surface area contributed by atoms with Crippen LogP contribution in [0.3, 0.4) is 0 Å². The Bertz CT molecular complexity index is 944. The van der Waals surface area contributed by atoms with Gasteiger partial charge in [-0.25, -0.2) is 4.39 Å². The number of carbonyl (C=O) groups is 1. The van der Waals surface area contributed by atoms with Gasteiger partial charge in [0.1, 0.15) is 5.82 Å². The number of nitrogens with one attached hydrogen (secondary N) is 2. The molecule has 0 saturated heterocycles. The van der Waals surface area contributed by atoms with E-state index >= 15 is 0 Å². The first-order chi connectivity index (χ1) is 13.9. The van der Waals surface area contributed by atoms with E-state index in [-0.39, 0.29) is 17.0 Å². The fourth-order valence-corrected chi connectivity index (χ4v) is 4.29. The number of nitrogens with zero attached hydrogens (tertiary/aromatic N) is 3. The molecule has 3 rings (SSSR count). The number of hydrogen-bond donors (Lipinski definition) is 2. The number of benzene rings is 2. The highest BCUT2D eigenvalue weighted by molar-refractivity contribution is 8.02. The minimum absolute atomic E-state index is 0.0939. The first-order valence-electron chi connectivity index (χ1n) is 8.97. The molecule has 1 unspecified atom stereocenters. The van der Waals surface area contributed by atoms with E-state index in [0.29, 0.717) is 16.0 Å². The molecule has 6 nitrogen and oxygen atoms in total. The lowest BCUT2D eigenvalue weighted by Gasteiger charge is -2.14. The summed E-state index contributed by atoms with van der Waals surface area (Å²) in [6, 6.07) is 14.0. The quantitative estimate of drug-likeness (QED) is 0.513. The lowest BCUT2D eigenvalue weighted by atomic mass is 10.2. The zero-order valence-electron chi connectivity index (χ0n) is 16.3. The maximum atomic E-state index is 12.9. The van der Waals surface area contributed by atoms with Gasteiger partial charge in [0.15, 0.2) is 4.34 Å². The van der Waals surface area contributed by atoms with Crippen molar-refractivity contribution in [3.63, 3.8) is 0 Å². The van der Waals surface area contributed by atoms with Crippen molar-refractivity contribution in [2.45, 2.75) is 23.1 Å². The maximum absolute atomic E-state index is 12.9. The normalized spacial score (nSPS) is 11.7. The lowest BCUT2D eigenvalue weighted by Crippen LogP contribution is -2.22. The van der Waals surface area contributed by atoms with Gasteiger partial charge in [0, 0.05) is 32.0 Å². The molecule has 0 spiro atoms. The molecule has 0 fully saturated rings. The molecule has 29 heavy (non-hydrogen) atoms. The zero-order chi connectivity index (χ0) is 20.8. The van der Waals surface area contributed by atoms with Crippen LogP contribution in [-0.2, 0) is 11.3 Å². The second-order valence-electron chi connectivity index (χ2n) is 6.54. The number of halogens is 1. The molecule has 1 amide bonds. The molecule has 152 valence electrons. The summed E-state index contributed by atoms with van der Waals surface area (Å²) in [6.07, 6.45) is 0. The molecule has 0 aliphatic heterocycles. The van der Waals surface area contributed by atoms with E-state index in [2.05, 4.69) is 20.8 Å². The minimum atomic E-state index is -0.318. The third kappa shape index (κ3) is 6.16. The van der Waals surface area contributed by atoms with Gasteiger partial charge in [0.25, 0.3) is 0 Å². The molecular weight excluding hydrogens is 409 g/mol. The summed E-state index contributed by atoms with van der Waals surface area (Å²) in [5.41, 5.74) is 2.77. The van der Waals surface area contributed by atoms with E-state index in [1.54, 1.807) is 12.1 Å². The maximum Gasteiger partial charge on any atom is 0.237 e. The second kappa shape index (κ2) is 9.71. The summed E-state index contributed by atoms with van der Waals surface area (Å²) in [7, 11) is 3.94. The number of thioether (sulfide) groups is 1. The fraction of sp³-hybridized carbons (Fsp3) is 0.250. The van der Waals surface area contributed by atoms with E-state index in [4.69, 9.17) is 0 Å². The molecule has 0 saturated carbocycles. The van der Waals surface area contributed by atoms with Gasteiger partial charge in [-0.15, -0.1) is 10.2 Å². The van der Waals surface area contributed by atoms with Gasteiger partial charge >= 0.3 is 0 Å². The van der Waals surface area contributed by atoms with E-state index in [0.717, 1.165) is 16.9 Å². The Morgan fingerprint density at radius 3 is 2.48 bits per heavy atom. The molecule has 0 radical (unpaired) electrons. The van der Waals surface area contributed by atoms with Gasteiger partial charge < -0.3 is 15.5 Å². The molecule has 2 N–H and O–H groups in total. The van der Waals surface area contributed by atoms with E-state index in [1.165, 1.54) is 35.2 Å². The van der Waals surface area contributed by atoms with Gasteiger partial charge in [-0.3, -0.25) is 4.79 Å². The average molecular weight is 432 g/mol. The first kappa shape index (κ1) is 21.1. The van der Waals surface area contributed by atoms with Crippen LogP contribution in [-0.4, -0.2) is 35.4 Å². The largest absolute Gasteiger partial charge is 0.378 e. The summed E-state index contributed by atoms with van der Waals surface area (Å²) >= 11 is 2.74. The second-order valence-corrected chi connectivity index (χ2v) is 9.11. The number of rotatable bonds is 8. The van der Waals surface area contributed by atoms with Gasteiger partial charge in [-0.1, -0.05) is 35.2 Å². The lowest BCUT2D eigenvalue weighted by molar-refractivity contribution is -0.115. The Morgan fingerprint density at radius 1 is 1.14 bits per heavy atom. The molecular formula is C20H22FN5OS2. The SMILES string of the molecule is CC(Sc1nnc(NCc2ccc(F)cc2)s1)C(=O)Nc1ccc(N(C)C)cc1. The summed E-state index contributed by atoms with van der Waals surface area (Å²) in [4.78, 5) is 14.4. The van der Waals surface area contributed by atoms with Crippen LogP contribution in [0.4, 0.5) is 20.9 Å². The summed E-state index contributed by atoms with van der Waals surface area (Å²) < 4.78 is 13.7. The van der Waals surface area contributed by atoms with Crippen LogP contribution in [0, 0.1) is 5.82 Å². The molecule has 1 aromatic heterocycles. The molecule has 9 heteroatoms. The van der Waals surface area contributed by atoms with Crippen LogP contribution in [0.2, 0.25) is 0 Å². The van der Waals surface area contributed by atoms with Gasteiger partial charge in [0.2, 0.25) is 11.0 Å². The van der Waals surface area contributed by atoms with Crippen molar-refractivity contribution in [1.82, 2.24) is 10.2 Å². The van der Waals surface area contributed by atoms with Crippen LogP contribution in [0.5, 0.6) is 0 Å². The van der Waals surface area contributed by atoms with Crippen LogP contribution in [0.15, 0.2) is 52.9 Å².